The third-order valence-electron chi connectivity index (χ3n) is 3.91. The predicted octanol–water partition coefficient (Wildman–Crippen LogP) is 3.71. The molecule has 2 N–H and O–H groups in total. The van der Waals surface area contributed by atoms with Crippen LogP contribution in [-0.2, 0) is 0 Å². The number of nitrogens with one attached hydrogen (secondary N) is 2. The van der Waals surface area contributed by atoms with Crippen LogP contribution >= 0.6 is 0 Å². The first kappa shape index (κ1) is 19.5. The Morgan fingerprint density at radius 2 is 1.66 bits per heavy atom. The van der Waals surface area contributed by atoms with Crippen molar-refractivity contribution >= 4 is 23.7 Å². The number of hydrogen-bond donors (Lipinski definition) is 2. The molecule has 29 heavy (non-hydrogen) atoms. The SMILES string of the molecule is N#Cc1ccc(/C=N/NC(=O)c2cccc(NC(=O)c3ccc(F)cc3)c2)cc1. The molecule has 0 radical (unpaired) electrons. The lowest BCUT2D eigenvalue weighted by atomic mass is 10.1. The van der Waals surface area contributed by atoms with Gasteiger partial charge in [-0.3, -0.25) is 9.59 Å². The van der Waals surface area contributed by atoms with Crippen LogP contribution in [0.25, 0.3) is 0 Å². The van der Waals surface area contributed by atoms with E-state index in [-0.39, 0.29) is 0 Å². The lowest BCUT2D eigenvalue weighted by Crippen LogP contribution is -2.18. The summed E-state index contributed by atoms with van der Waals surface area (Å²) in [6.07, 6.45) is 1.46. The number of halogens is 1. The number of hydrogen-bond acceptors (Lipinski definition) is 4. The van der Waals surface area contributed by atoms with Crippen LogP contribution in [0.3, 0.4) is 0 Å². The number of anilines is 1. The average molecular weight is 386 g/mol. The summed E-state index contributed by atoms with van der Waals surface area (Å²) in [6, 6.07) is 20.2. The molecule has 0 bridgehead atoms. The van der Waals surface area contributed by atoms with Gasteiger partial charge in [0.05, 0.1) is 17.8 Å². The van der Waals surface area contributed by atoms with Crippen LogP contribution in [0.15, 0.2) is 77.9 Å². The summed E-state index contributed by atoms with van der Waals surface area (Å²) >= 11 is 0. The lowest BCUT2D eigenvalue weighted by molar-refractivity contribution is 0.0953. The molecule has 0 atom stereocenters. The third-order valence-corrected chi connectivity index (χ3v) is 3.91. The Kier molecular flexibility index (Phi) is 6.08. The Labute approximate surface area is 166 Å². The second-order valence-electron chi connectivity index (χ2n) is 5.97. The first-order chi connectivity index (χ1) is 14.0. The largest absolute Gasteiger partial charge is 0.322 e. The molecule has 2 amide bonds. The van der Waals surface area contributed by atoms with E-state index in [0.717, 1.165) is 5.56 Å². The number of rotatable bonds is 5. The van der Waals surface area contributed by atoms with Crippen molar-refractivity contribution in [2.24, 2.45) is 5.10 Å². The van der Waals surface area contributed by atoms with Gasteiger partial charge in [-0.1, -0.05) is 18.2 Å². The highest BCUT2D eigenvalue weighted by molar-refractivity contribution is 6.05. The normalized spacial score (nSPS) is 10.3. The van der Waals surface area contributed by atoms with E-state index in [2.05, 4.69) is 15.8 Å². The monoisotopic (exact) mass is 386 g/mol. The molecule has 3 aromatic carbocycles. The van der Waals surface area contributed by atoms with Crippen LogP contribution in [0.1, 0.15) is 31.8 Å². The number of amides is 2. The van der Waals surface area contributed by atoms with Crippen LogP contribution in [0.4, 0.5) is 10.1 Å². The fraction of sp³-hybridized carbons (Fsp3) is 0. The first-order valence-corrected chi connectivity index (χ1v) is 8.56. The van der Waals surface area contributed by atoms with Gasteiger partial charge in [-0.05, 0) is 60.2 Å². The van der Waals surface area contributed by atoms with Crippen molar-refractivity contribution in [3.05, 3.63) is 101 Å². The maximum absolute atomic E-state index is 13.0. The van der Waals surface area contributed by atoms with E-state index >= 15 is 0 Å². The fourth-order valence-corrected chi connectivity index (χ4v) is 2.42. The highest BCUT2D eigenvalue weighted by Gasteiger charge is 2.09. The van der Waals surface area contributed by atoms with Gasteiger partial charge in [0.1, 0.15) is 5.82 Å². The van der Waals surface area contributed by atoms with Gasteiger partial charge in [-0.25, -0.2) is 9.82 Å². The third kappa shape index (κ3) is 5.34. The highest BCUT2D eigenvalue weighted by Crippen LogP contribution is 2.13. The number of benzene rings is 3. The zero-order valence-corrected chi connectivity index (χ0v) is 15.1. The number of nitriles is 1. The van der Waals surface area contributed by atoms with E-state index in [9.17, 15) is 14.0 Å². The Balaban J connectivity index is 1.62. The van der Waals surface area contributed by atoms with Gasteiger partial charge < -0.3 is 5.32 Å². The van der Waals surface area contributed by atoms with E-state index in [1.54, 1.807) is 42.5 Å². The van der Waals surface area contributed by atoms with Crippen molar-refractivity contribution in [2.45, 2.75) is 0 Å². The summed E-state index contributed by atoms with van der Waals surface area (Å²) in [6.45, 7) is 0. The van der Waals surface area contributed by atoms with Crippen LogP contribution in [0.5, 0.6) is 0 Å². The molecule has 3 aromatic rings. The Bertz CT molecular complexity index is 1100. The number of carbonyl (C=O) groups excluding carboxylic acids is 2. The molecular formula is C22H15FN4O2. The summed E-state index contributed by atoms with van der Waals surface area (Å²) in [5, 5.41) is 15.3. The van der Waals surface area contributed by atoms with Gasteiger partial charge >= 0.3 is 0 Å². The molecule has 0 fully saturated rings. The van der Waals surface area contributed by atoms with Crippen molar-refractivity contribution in [3.63, 3.8) is 0 Å². The second kappa shape index (κ2) is 9.06. The van der Waals surface area contributed by atoms with Gasteiger partial charge in [-0.15, -0.1) is 0 Å². The Hall–Kier alpha value is -4.31. The van der Waals surface area contributed by atoms with Crippen LogP contribution in [0.2, 0.25) is 0 Å². The summed E-state index contributed by atoms with van der Waals surface area (Å²) in [4.78, 5) is 24.5. The summed E-state index contributed by atoms with van der Waals surface area (Å²) in [7, 11) is 0. The summed E-state index contributed by atoms with van der Waals surface area (Å²) < 4.78 is 13.0. The minimum Gasteiger partial charge on any atom is -0.322 e. The Morgan fingerprint density at radius 1 is 0.931 bits per heavy atom. The van der Waals surface area contributed by atoms with Gasteiger partial charge in [0.25, 0.3) is 11.8 Å². The lowest BCUT2D eigenvalue weighted by Gasteiger charge is -2.07. The number of nitrogens with zero attached hydrogens (tertiary/aromatic N) is 2. The molecular weight excluding hydrogens is 371 g/mol. The molecule has 0 aliphatic rings. The van der Waals surface area contributed by atoms with Gasteiger partial charge in [0, 0.05) is 16.8 Å². The number of hydrazone groups is 1. The molecule has 0 spiro atoms. The molecule has 6 nitrogen and oxygen atoms in total. The number of carbonyl (C=O) groups is 2. The second-order valence-corrected chi connectivity index (χ2v) is 5.97. The summed E-state index contributed by atoms with van der Waals surface area (Å²) in [5.74, 6) is -1.30. The fourth-order valence-electron chi connectivity index (χ4n) is 2.42. The molecule has 3 rings (SSSR count). The zero-order chi connectivity index (χ0) is 20.6. The van der Waals surface area contributed by atoms with E-state index < -0.39 is 17.6 Å². The maximum atomic E-state index is 13.0. The molecule has 0 heterocycles. The van der Waals surface area contributed by atoms with Crippen molar-refractivity contribution in [1.29, 1.82) is 5.26 Å². The molecule has 0 aliphatic heterocycles. The van der Waals surface area contributed by atoms with Gasteiger partial charge in [-0.2, -0.15) is 10.4 Å². The molecule has 0 saturated heterocycles. The molecule has 0 aliphatic carbocycles. The Morgan fingerprint density at radius 3 is 2.34 bits per heavy atom. The molecule has 142 valence electrons. The van der Waals surface area contributed by atoms with Crippen molar-refractivity contribution in [2.75, 3.05) is 5.32 Å². The standard InChI is InChI=1S/C22H15FN4O2/c23-19-10-8-17(9-11-19)21(28)26-20-3-1-2-18(12-20)22(29)27-25-14-16-6-4-15(13-24)5-7-16/h1-12,14H,(H,26,28)(H,27,29)/b25-14+. The quantitative estimate of drug-likeness (QED) is 0.517. The van der Waals surface area contributed by atoms with Crippen LogP contribution in [0, 0.1) is 17.1 Å². The van der Waals surface area contributed by atoms with Crippen molar-refractivity contribution in [3.8, 4) is 6.07 Å². The van der Waals surface area contributed by atoms with E-state index in [0.29, 0.717) is 22.4 Å². The molecule has 7 heteroatoms. The molecule has 0 aromatic heterocycles. The first-order valence-electron chi connectivity index (χ1n) is 8.56. The molecule has 0 saturated carbocycles. The van der Waals surface area contributed by atoms with Crippen molar-refractivity contribution in [1.82, 2.24) is 5.43 Å². The summed E-state index contributed by atoms with van der Waals surface area (Å²) in [5.41, 5.74) is 4.69. The van der Waals surface area contributed by atoms with E-state index in [4.69, 9.17) is 5.26 Å². The van der Waals surface area contributed by atoms with Gasteiger partial charge in [0.15, 0.2) is 0 Å². The maximum Gasteiger partial charge on any atom is 0.271 e. The van der Waals surface area contributed by atoms with E-state index in [1.165, 1.54) is 36.5 Å². The molecule has 0 unspecified atom stereocenters. The van der Waals surface area contributed by atoms with Gasteiger partial charge in [0.2, 0.25) is 0 Å². The van der Waals surface area contributed by atoms with E-state index in [1.807, 2.05) is 6.07 Å². The van der Waals surface area contributed by atoms with Crippen LogP contribution in [-0.4, -0.2) is 18.0 Å². The average Bonchev–Trinajstić information content (AvgIpc) is 2.75. The zero-order valence-electron chi connectivity index (χ0n) is 15.1. The van der Waals surface area contributed by atoms with Crippen LogP contribution < -0.4 is 10.7 Å². The minimum atomic E-state index is -0.451. The minimum absolute atomic E-state index is 0.299. The predicted molar refractivity (Wildman–Crippen MR) is 107 cm³/mol. The smallest absolute Gasteiger partial charge is 0.271 e. The highest BCUT2D eigenvalue weighted by atomic mass is 19.1. The topological polar surface area (TPSA) is 94.3 Å². The van der Waals surface area contributed by atoms with Crippen molar-refractivity contribution < 1.29 is 14.0 Å².